The normalized spacial score (nSPS) is 12.0. The second kappa shape index (κ2) is 11.3. The lowest BCUT2D eigenvalue weighted by molar-refractivity contribution is 0.287. The minimum Gasteiger partial charge on any atom is -0.494 e. The second-order valence-corrected chi connectivity index (χ2v) is 6.19. The van der Waals surface area contributed by atoms with Crippen molar-refractivity contribution in [2.24, 2.45) is 33.4 Å². The summed E-state index contributed by atoms with van der Waals surface area (Å²) in [6, 6.07) is 14.8. The molecule has 8 heteroatoms. The molecular formula is C20H28N6O2. The Morgan fingerprint density at radius 3 is 1.29 bits per heavy atom. The Labute approximate surface area is 165 Å². The van der Waals surface area contributed by atoms with Crippen LogP contribution in [0.1, 0.15) is 36.8 Å². The summed E-state index contributed by atoms with van der Waals surface area (Å²) in [5.74, 6) is 12.5. The summed E-state index contributed by atoms with van der Waals surface area (Å²) < 4.78 is 11.4. The van der Waals surface area contributed by atoms with Crippen LogP contribution in [0, 0.1) is 0 Å². The number of hydrazone groups is 2. The molecule has 2 aromatic carbocycles. The van der Waals surface area contributed by atoms with Crippen molar-refractivity contribution < 1.29 is 9.47 Å². The fourth-order valence-corrected chi connectivity index (χ4v) is 2.53. The van der Waals surface area contributed by atoms with Gasteiger partial charge in [0.2, 0.25) is 0 Å². The van der Waals surface area contributed by atoms with Gasteiger partial charge in [0.05, 0.1) is 13.2 Å². The van der Waals surface area contributed by atoms with Gasteiger partial charge in [0.25, 0.3) is 0 Å². The second-order valence-electron chi connectivity index (χ2n) is 6.19. The first-order chi connectivity index (χ1) is 13.6. The monoisotopic (exact) mass is 384 g/mol. The molecule has 2 rings (SSSR count). The zero-order chi connectivity index (χ0) is 20.2. The number of amidine groups is 2. The van der Waals surface area contributed by atoms with Gasteiger partial charge in [-0.2, -0.15) is 10.2 Å². The number of hydrogen-bond acceptors (Lipinski definition) is 6. The maximum atomic E-state index is 5.72. The van der Waals surface area contributed by atoms with Crippen LogP contribution in [0.15, 0.2) is 58.7 Å². The van der Waals surface area contributed by atoms with Crippen molar-refractivity contribution in [2.45, 2.75) is 25.7 Å². The Hall–Kier alpha value is -3.42. The van der Waals surface area contributed by atoms with Gasteiger partial charge >= 0.3 is 0 Å². The van der Waals surface area contributed by atoms with Crippen LogP contribution < -0.4 is 32.6 Å². The highest BCUT2D eigenvalue weighted by Crippen LogP contribution is 2.14. The van der Waals surface area contributed by atoms with Gasteiger partial charge in [-0.15, -0.1) is 0 Å². The smallest absolute Gasteiger partial charge is 0.150 e. The molecule has 28 heavy (non-hydrogen) atoms. The molecule has 0 spiro atoms. The summed E-state index contributed by atoms with van der Waals surface area (Å²) in [5.41, 5.74) is 12.8. The Balaban J connectivity index is 1.55. The Kier molecular flexibility index (Phi) is 8.45. The number of ether oxygens (including phenoxy) is 2. The maximum Gasteiger partial charge on any atom is 0.150 e. The number of hydrogen-bond donors (Lipinski definition) is 4. The quantitative estimate of drug-likeness (QED) is 0.153. The summed E-state index contributed by atoms with van der Waals surface area (Å²) >= 11 is 0. The third-order valence-electron chi connectivity index (χ3n) is 4.15. The van der Waals surface area contributed by atoms with Gasteiger partial charge < -0.3 is 32.6 Å². The van der Waals surface area contributed by atoms with E-state index < -0.39 is 0 Å². The van der Waals surface area contributed by atoms with Crippen LogP contribution in [-0.2, 0) is 0 Å². The molecule has 0 fully saturated rings. The molecule has 150 valence electrons. The summed E-state index contributed by atoms with van der Waals surface area (Å²) in [5, 5.41) is 6.92. The standard InChI is InChI=1S/C20H28N6O2/c21-19(25-23)15-5-9-17(10-6-15)27-13-3-1-2-4-14-28-18-11-7-16(8-12-18)20(22)26-24/h5-12H,1-4,13-14,23-24H2,(H2,21,25)(H2,22,26). The van der Waals surface area contributed by atoms with E-state index in [2.05, 4.69) is 10.2 Å². The Morgan fingerprint density at radius 1 is 0.607 bits per heavy atom. The largest absolute Gasteiger partial charge is 0.494 e. The molecule has 0 aromatic heterocycles. The van der Waals surface area contributed by atoms with Gasteiger partial charge in [0.15, 0.2) is 0 Å². The van der Waals surface area contributed by atoms with E-state index in [-0.39, 0.29) is 0 Å². The van der Waals surface area contributed by atoms with Crippen LogP contribution in [0.5, 0.6) is 11.5 Å². The van der Waals surface area contributed by atoms with Gasteiger partial charge in [-0.25, -0.2) is 0 Å². The van der Waals surface area contributed by atoms with Crippen LogP contribution in [0.4, 0.5) is 0 Å². The lowest BCUT2D eigenvalue weighted by Crippen LogP contribution is -2.15. The summed E-state index contributed by atoms with van der Waals surface area (Å²) in [6.45, 7) is 1.35. The van der Waals surface area contributed by atoms with E-state index in [1.807, 2.05) is 48.5 Å². The highest BCUT2D eigenvalue weighted by atomic mass is 16.5. The fraction of sp³-hybridized carbons (Fsp3) is 0.300. The van der Waals surface area contributed by atoms with Gasteiger partial charge in [-0.05, 0) is 74.2 Å². The van der Waals surface area contributed by atoms with Crippen molar-refractivity contribution in [1.82, 2.24) is 0 Å². The fourth-order valence-electron chi connectivity index (χ4n) is 2.53. The lowest BCUT2D eigenvalue weighted by Gasteiger charge is -2.08. The topological polar surface area (TPSA) is 147 Å². The van der Waals surface area contributed by atoms with Crippen molar-refractivity contribution in [3.63, 3.8) is 0 Å². The van der Waals surface area contributed by atoms with E-state index in [1.54, 1.807) is 0 Å². The van der Waals surface area contributed by atoms with E-state index in [0.717, 1.165) is 48.3 Å². The summed E-state index contributed by atoms with van der Waals surface area (Å²) in [6.07, 6.45) is 4.13. The summed E-state index contributed by atoms with van der Waals surface area (Å²) in [7, 11) is 0. The first-order valence-corrected chi connectivity index (χ1v) is 9.17. The first kappa shape index (κ1) is 20.9. The Morgan fingerprint density at radius 2 is 0.964 bits per heavy atom. The van der Waals surface area contributed by atoms with Crippen molar-refractivity contribution in [3.05, 3.63) is 59.7 Å². The molecule has 0 atom stereocenters. The molecule has 0 saturated carbocycles. The molecular weight excluding hydrogens is 356 g/mol. The molecule has 0 unspecified atom stereocenters. The molecule has 0 heterocycles. The molecule has 0 aliphatic heterocycles. The number of benzene rings is 2. The van der Waals surface area contributed by atoms with Crippen LogP contribution >= 0.6 is 0 Å². The van der Waals surface area contributed by atoms with Crippen molar-refractivity contribution in [2.75, 3.05) is 13.2 Å². The van der Waals surface area contributed by atoms with Crippen LogP contribution in [0.2, 0.25) is 0 Å². The first-order valence-electron chi connectivity index (χ1n) is 9.17. The predicted octanol–water partition coefficient (Wildman–Crippen LogP) is 1.86. The zero-order valence-electron chi connectivity index (χ0n) is 15.9. The minimum absolute atomic E-state index is 0.304. The zero-order valence-corrected chi connectivity index (χ0v) is 15.9. The van der Waals surface area contributed by atoms with E-state index in [1.165, 1.54) is 0 Å². The van der Waals surface area contributed by atoms with Crippen LogP contribution in [-0.4, -0.2) is 24.9 Å². The van der Waals surface area contributed by atoms with Gasteiger partial charge in [-0.3, -0.25) is 0 Å². The van der Waals surface area contributed by atoms with E-state index in [9.17, 15) is 0 Å². The number of unbranched alkanes of at least 4 members (excludes halogenated alkanes) is 3. The predicted molar refractivity (Wildman–Crippen MR) is 112 cm³/mol. The molecule has 8 N–H and O–H groups in total. The average molecular weight is 384 g/mol. The van der Waals surface area contributed by atoms with E-state index >= 15 is 0 Å². The van der Waals surface area contributed by atoms with Gasteiger partial charge in [0, 0.05) is 11.1 Å². The van der Waals surface area contributed by atoms with Gasteiger partial charge in [-0.1, -0.05) is 0 Å². The third-order valence-corrected chi connectivity index (χ3v) is 4.15. The third kappa shape index (κ3) is 6.71. The van der Waals surface area contributed by atoms with E-state index in [0.29, 0.717) is 24.9 Å². The molecule has 0 saturated heterocycles. The number of nitrogens with two attached hydrogens (primary N) is 4. The molecule has 0 aliphatic rings. The maximum absolute atomic E-state index is 5.72. The molecule has 0 amide bonds. The minimum atomic E-state index is 0.304. The Bertz CT molecular complexity index is 705. The highest BCUT2D eigenvalue weighted by molar-refractivity contribution is 5.97. The van der Waals surface area contributed by atoms with Crippen LogP contribution in [0.3, 0.4) is 0 Å². The molecule has 2 aromatic rings. The highest BCUT2D eigenvalue weighted by Gasteiger charge is 2.01. The number of nitrogens with zero attached hydrogens (tertiary/aromatic N) is 2. The average Bonchev–Trinajstić information content (AvgIpc) is 2.75. The van der Waals surface area contributed by atoms with E-state index in [4.69, 9.17) is 32.6 Å². The lowest BCUT2D eigenvalue weighted by atomic mass is 10.2. The van der Waals surface area contributed by atoms with Crippen molar-refractivity contribution in [3.8, 4) is 11.5 Å². The summed E-state index contributed by atoms with van der Waals surface area (Å²) in [4.78, 5) is 0. The molecule has 0 aliphatic carbocycles. The molecule has 8 nitrogen and oxygen atoms in total. The van der Waals surface area contributed by atoms with Crippen molar-refractivity contribution >= 4 is 11.7 Å². The van der Waals surface area contributed by atoms with Crippen LogP contribution in [0.25, 0.3) is 0 Å². The van der Waals surface area contributed by atoms with Gasteiger partial charge in [0.1, 0.15) is 23.2 Å². The number of rotatable bonds is 11. The van der Waals surface area contributed by atoms with Crippen molar-refractivity contribution in [1.29, 1.82) is 0 Å². The molecule has 0 radical (unpaired) electrons. The molecule has 0 bridgehead atoms. The SMILES string of the molecule is NN=C(N)c1ccc(OCCCCCCOc2ccc(C(N)=NN)cc2)cc1.